The highest BCUT2D eigenvalue weighted by atomic mass is 19.1. The van der Waals surface area contributed by atoms with Crippen molar-refractivity contribution in [1.29, 1.82) is 0 Å². The number of hydrogen-bond donors (Lipinski definition) is 2. The summed E-state index contributed by atoms with van der Waals surface area (Å²) in [5.74, 6) is -0.580. The predicted molar refractivity (Wildman–Crippen MR) is 125 cm³/mol. The number of ether oxygens (including phenoxy) is 1. The second kappa shape index (κ2) is 8.67. The van der Waals surface area contributed by atoms with Gasteiger partial charge in [0.1, 0.15) is 5.82 Å². The fraction of sp³-hybridized carbons (Fsp3) is 0.231. The molecular formula is C26H24FN3O3. The first-order valence-electron chi connectivity index (χ1n) is 11.0. The maximum Gasteiger partial charge on any atom is 0.256 e. The van der Waals surface area contributed by atoms with Crippen molar-refractivity contribution < 1.29 is 18.7 Å². The summed E-state index contributed by atoms with van der Waals surface area (Å²) in [6.45, 7) is 4.17. The highest BCUT2D eigenvalue weighted by Crippen LogP contribution is 2.41. The number of amides is 2. The third-order valence-electron chi connectivity index (χ3n) is 6.05. The summed E-state index contributed by atoms with van der Waals surface area (Å²) in [6, 6.07) is 13.9. The summed E-state index contributed by atoms with van der Waals surface area (Å²) < 4.78 is 19.9. The number of morpholine rings is 1. The number of hydrogen-bond acceptors (Lipinski definition) is 3. The topological polar surface area (TPSA) is 74.4 Å². The van der Waals surface area contributed by atoms with Gasteiger partial charge in [-0.15, -0.1) is 0 Å². The predicted octanol–water partition coefficient (Wildman–Crippen LogP) is 4.02. The van der Waals surface area contributed by atoms with E-state index in [1.54, 1.807) is 41.3 Å². The second-order valence-electron chi connectivity index (χ2n) is 8.28. The molecule has 7 heteroatoms. The number of halogens is 1. The average Bonchev–Trinajstić information content (AvgIpc) is 3.33. The number of aryl methyl sites for hydroxylation is 1. The van der Waals surface area contributed by atoms with E-state index in [1.165, 1.54) is 6.07 Å². The molecule has 2 amide bonds. The van der Waals surface area contributed by atoms with Crippen LogP contribution >= 0.6 is 0 Å². The monoisotopic (exact) mass is 445 g/mol. The van der Waals surface area contributed by atoms with Crippen LogP contribution in [-0.2, 0) is 20.7 Å². The summed E-state index contributed by atoms with van der Waals surface area (Å²) >= 11 is 0. The van der Waals surface area contributed by atoms with Crippen molar-refractivity contribution in [1.82, 2.24) is 9.88 Å². The van der Waals surface area contributed by atoms with Crippen LogP contribution in [0.1, 0.15) is 22.5 Å². The third-order valence-corrected chi connectivity index (χ3v) is 6.05. The molecule has 2 aliphatic rings. The van der Waals surface area contributed by atoms with E-state index in [1.807, 2.05) is 19.1 Å². The third kappa shape index (κ3) is 4.07. The molecule has 2 aromatic carbocycles. The molecule has 0 radical (unpaired) electrons. The highest BCUT2D eigenvalue weighted by molar-refractivity contribution is 6.36. The molecule has 1 fully saturated rings. The number of carbonyl (C=O) groups is 2. The Bertz CT molecular complexity index is 1270. The number of benzene rings is 2. The van der Waals surface area contributed by atoms with E-state index >= 15 is 0 Å². The molecular weight excluding hydrogens is 421 g/mol. The number of H-pyrrole nitrogens is 1. The zero-order chi connectivity index (χ0) is 22.9. The molecule has 1 saturated heterocycles. The van der Waals surface area contributed by atoms with Crippen molar-refractivity contribution in [3.05, 3.63) is 76.9 Å². The van der Waals surface area contributed by atoms with E-state index in [0.29, 0.717) is 59.9 Å². The van der Waals surface area contributed by atoms with Crippen LogP contribution in [0.15, 0.2) is 48.5 Å². The summed E-state index contributed by atoms with van der Waals surface area (Å²) in [4.78, 5) is 30.8. The van der Waals surface area contributed by atoms with Crippen molar-refractivity contribution in [2.45, 2.75) is 13.3 Å². The van der Waals surface area contributed by atoms with Gasteiger partial charge in [-0.3, -0.25) is 9.59 Å². The Morgan fingerprint density at radius 2 is 1.88 bits per heavy atom. The first-order chi connectivity index (χ1) is 16.0. The lowest BCUT2D eigenvalue weighted by Crippen LogP contribution is -2.41. The molecule has 3 heterocycles. The van der Waals surface area contributed by atoms with Crippen LogP contribution in [0.25, 0.3) is 22.8 Å². The zero-order valence-corrected chi connectivity index (χ0v) is 18.3. The first-order valence-corrected chi connectivity index (χ1v) is 11.0. The van der Waals surface area contributed by atoms with Gasteiger partial charge in [-0.1, -0.05) is 30.3 Å². The Kier molecular flexibility index (Phi) is 5.56. The number of anilines is 1. The van der Waals surface area contributed by atoms with Crippen molar-refractivity contribution in [2.75, 3.05) is 31.6 Å². The van der Waals surface area contributed by atoms with Crippen molar-refractivity contribution >= 4 is 29.2 Å². The first kappa shape index (κ1) is 21.2. The van der Waals surface area contributed by atoms with E-state index < -0.39 is 0 Å². The maximum absolute atomic E-state index is 14.6. The molecule has 168 valence electrons. The molecule has 2 aliphatic heterocycles. The highest BCUT2D eigenvalue weighted by Gasteiger charge is 2.29. The van der Waals surface area contributed by atoms with E-state index in [4.69, 9.17) is 4.74 Å². The Morgan fingerprint density at radius 1 is 1.12 bits per heavy atom. The fourth-order valence-corrected chi connectivity index (χ4v) is 4.47. The molecule has 5 rings (SSSR count). The van der Waals surface area contributed by atoms with Gasteiger partial charge in [0, 0.05) is 41.3 Å². The van der Waals surface area contributed by atoms with Crippen LogP contribution in [0.2, 0.25) is 0 Å². The minimum Gasteiger partial charge on any atom is -0.378 e. The Hall–Kier alpha value is -3.71. The van der Waals surface area contributed by atoms with Gasteiger partial charge in [-0.2, -0.15) is 0 Å². The number of aromatic nitrogens is 1. The van der Waals surface area contributed by atoms with Gasteiger partial charge in [0.05, 0.1) is 25.2 Å². The Morgan fingerprint density at radius 3 is 2.67 bits per heavy atom. The normalized spacial score (nSPS) is 16.7. The number of aromatic amines is 1. The van der Waals surface area contributed by atoms with Gasteiger partial charge in [0.2, 0.25) is 5.91 Å². The number of nitrogens with zero attached hydrogens (tertiary/aromatic N) is 1. The molecule has 33 heavy (non-hydrogen) atoms. The molecule has 0 aliphatic carbocycles. The SMILES string of the molecule is Cc1cc(CC(=O)N2CCOCC2)c(/C=C2\C(=O)Nc3cccc(-c4ccccc4F)c32)[nH]1. The van der Waals surface area contributed by atoms with Crippen molar-refractivity contribution in [3.8, 4) is 11.1 Å². The number of nitrogens with one attached hydrogen (secondary N) is 2. The summed E-state index contributed by atoms with van der Waals surface area (Å²) in [5.41, 5.74) is 5.23. The fourth-order valence-electron chi connectivity index (χ4n) is 4.47. The quantitative estimate of drug-likeness (QED) is 0.596. The largest absolute Gasteiger partial charge is 0.378 e. The summed E-state index contributed by atoms with van der Waals surface area (Å²) in [6.07, 6.45) is 1.99. The van der Waals surface area contributed by atoms with Crippen LogP contribution in [0.5, 0.6) is 0 Å². The number of fused-ring (bicyclic) bond motifs is 1. The molecule has 6 nitrogen and oxygen atoms in total. The van der Waals surface area contributed by atoms with Crippen LogP contribution in [0.4, 0.5) is 10.1 Å². The van der Waals surface area contributed by atoms with Gasteiger partial charge >= 0.3 is 0 Å². The molecule has 0 bridgehead atoms. The minimum atomic E-state index is -0.350. The lowest BCUT2D eigenvalue weighted by Gasteiger charge is -2.26. The van der Waals surface area contributed by atoms with E-state index in [9.17, 15) is 14.0 Å². The van der Waals surface area contributed by atoms with Gasteiger partial charge in [-0.05, 0) is 42.3 Å². The minimum absolute atomic E-state index is 0.0280. The van der Waals surface area contributed by atoms with Crippen molar-refractivity contribution in [2.24, 2.45) is 0 Å². The number of carbonyl (C=O) groups excluding carboxylic acids is 2. The standard InChI is InChI=1S/C26H24FN3O3/c1-16-13-17(14-24(31)30-9-11-33-12-10-30)23(28-16)15-20-25-19(18-5-2-3-7-21(18)27)6-4-8-22(25)29-26(20)32/h2-8,13,15,28H,9-12,14H2,1H3,(H,29,32)/b20-15-. The Labute approximate surface area is 191 Å². The van der Waals surface area contributed by atoms with E-state index in [2.05, 4.69) is 10.3 Å². The van der Waals surface area contributed by atoms with Gasteiger partial charge < -0.3 is 19.9 Å². The average molecular weight is 445 g/mol. The van der Waals surface area contributed by atoms with Gasteiger partial charge in [-0.25, -0.2) is 4.39 Å². The molecule has 1 aromatic heterocycles. The van der Waals surface area contributed by atoms with E-state index in [0.717, 1.165) is 11.3 Å². The smallest absolute Gasteiger partial charge is 0.256 e. The van der Waals surface area contributed by atoms with Crippen molar-refractivity contribution in [3.63, 3.8) is 0 Å². The molecule has 0 saturated carbocycles. The lowest BCUT2D eigenvalue weighted by molar-refractivity contribution is -0.134. The molecule has 3 aromatic rings. The van der Waals surface area contributed by atoms with Crippen LogP contribution < -0.4 is 5.32 Å². The molecule has 0 unspecified atom stereocenters. The molecule has 0 spiro atoms. The van der Waals surface area contributed by atoms with Gasteiger partial charge in [0.25, 0.3) is 5.91 Å². The van der Waals surface area contributed by atoms with Crippen LogP contribution in [0, 0.1) is 12.7 Å². The number of rotatable bonds is 4. The van der Waals surface area contributed by atoms with Crippen LogP contribution in [0.3, 0.4) is 0 Å². The Balaban J connectivity index is 1.54. The summed E-state index contributed by atoms with van der Waals surface area (Å²) in [7, 11) is 0. The van der Waals surface area contributed by atoms with Crippen LogP contribution in [-0.4, -0.2) is 48.0 Å². The zero-order valence-electron chi connectivity index (χ0n) is 18.3. The lowest BCUT2D eigenvalue weighted by atomic mass is 9.93. The summed E-state index contributed by atoms with van der Waals surface area (Å²) in [5, 5.41) is 2.88. The maximum atomic E-state index is 14.6. The van der Waals surface area contributed by atoms with E-state index in [-0.39, 0.29) is 24.1 Å². The second-order valence-corrected chi connectivity index (χ2v) is 8.28. The molecule has 2 N–H and O–H groups in total. The van der Waals surface area contributed by atoms with Gasteiger partial charge in [0.15, 0.2) is 0 Å². The molecule has 0 atom stereocenters.